The lowest BCUT2D eigenvalue weighted by atomic mass is 9.99. The van der Waals surface area contributed by atoms with Gasteiger partial charge >= 0.3 is 0 Å². The Morgan fingerprint density at radius 1 is 0.968 bits per heavy atom. The van der Waals surface area contributed by atoms with Crippen molar-refractivity contribution in [3.8, 4) is 28.4 Å². The summed E-state index contributed by atoms with van der Waals surface area (Å²) in [4.78, 5) is 12.8. The van der Waals surface area contributed by atoms with Gasteiger partial charge in [0.2, 0.25) is 11.7 Å². The highest BCUT2D eigenvalue weighted by atomic mass is 16.7. The molecule has 2 aromatic carbocycles. The average Bonchev–Trinajstić information content (AvgIpc) is 2.74. The van der Waals surface area contributed by atoms with Crippen LogP contribution in [0.4, 0.5) is 0 Å². The smallest absolute Gasteiger partial charge is 0.229 e. The van der Waals surface area contributed by atoms with Gasteiger partial charge in [0, 0.05) is 12.1 Å². The van der Waals surface area contributed by atoms with Crippen molar-refractivity contribution in [1.82, 2.24) is 0 Å². The molecular weight excluding hydrogens is 412 g/mol. The number of hydrogen-bond donors (Lipinski definition) is 6. The zero-order chi connectivity index (χ0) is 22.3. The molecule has 1 aliphatic heterocycles. The molecule has 31 heavy (non-hydrogen) atoms. The lowest BCUT2D eigenvalue weighted by Crippen LogP contribution is -2.60. The number of fused-ring (bicyclic) bond motifs is 1. The molecule has 0 radical (unpaired) electrons. The molecule has 0 unspecified atom stereocenters. The SMILES string of the molecule is O=c1c(-c2ccc(O[C@H]3O[C@@H](CO)[C@H](O)[C@H](O)[C@@H]3O)cc2)coc2cc(O)cc(O)c12. The fraction of sp³-hybridized carbons (Fsp3) is 0.286. The minimum absolute atomic E-state index is 0.0359. The fourth-order valence-corrected chi connectivity index (χ4v) is 3.43. The number of benzene rings is 2. The monoisotopic (exact) mass is 432 g/mol. The third-order valence-electron chi connectivity index (χ3n) is 5.11. The van der Waals surface area contributed by atoms with E-state index < -0.39 is 48.5 Å². The number of aliphatic hydroxyl groups is 4. The average molecular weight is 432 g/mol. The third kappa shape index (κ3) is 3.82. The van der Waals surface area contributed by atoms with Crippen LogP contribution in [0.5, 0.6) is 17.2 Å². The topological polar surface area (TPSA) is 170 Å². The van der Waals surface area contributed by atoms with Crippen LogP contribution >= 0.6 is 0 Å². The van der Waals surface area contributed by atoms with E-state index in [2.05, 4.69) is 0 Å². The van der Waals surface area contributed by atoms with E-state index in [9.17, 15) is 35.4 Å². The van der Waals surface area contributed by atoms with Gasteiger partial charge in [0.05, 0.1) is 12.2 Å². The van der Waals surface area contributed by atoms with Gasteiger partial charge in [0.15, 0.2) is 0 Å². The molecule has 0 bridgehead atoms. The first kappa shape index (κ1) is 21.1. The molecule has 0 aliphatic carbocycles. The molecule has 1 saturated heterocycles. The summed E-state index contributed by atoms with van der Waals surface area (Å²) in [6.07, 6.45) is -5.84. The van der Waals surface area contributed by atoms with Crippen molar-refractivity contribution in [3.05, 3.63) is 52.9 Å². The van der Waals surface area contributed by atoms with Crippen LogP contribution in [0.15, 0.2) is 51.9 Å². The van der Waals surface area contributed by atoms with E-state index in [0.29, 0.717) is 5.56 Å². The number of ether oxygens (including phenoxy) is 2. The Morgan fingerprint density at radius 2 is 1.68 bits per heavy atom. The second-order valence-corrected chi connectivity index (χ2v) is 7.16. The number of aliphatic hydroxyl groups excluding tert-OH is 4. The van der Waals surface area contributed by atoms with E-state index in [4.69, 9.17) is 13.9 Å². The van der Waals surface area contributed by atoms with Crippen molar-refractivity contribution in [1.29, 1.82) is 0 Å². The highest BCUT2D eigenvalue weighted by molar-refractivity contribution is 5.88. The van der Waals surface area contributed by atoms with Crippen LogP contribution in [0.2, 0.25) is 0 Å². The van der Waals surface area contributed by atoms with Crippen molar-refractivity contribution in [2.45, 2.75) is 30.7 Å². The molecule has 0 spiro atoms. The van der Waals surface area contributed by atoms with Gasteiger partial charge in [-0.3, -0.25) is 4.79 Å². The third-order valence-corrected chi connectivity index (χ3v) is 5.11. The summed E-state index contributed by atoms with van der Waals surface area (Å²) in [5.41, 5.74) is 0.146. The Hall–Kier alpha value is -3.15. The van der Waals surface area contributed by atoms with Crippen molar-refractivity contribution < 1.29 is 44.5 Å². The maximum Gasteiger partial charge on any atom is 0.229 e. The second-order valence-electron chi connectivity index (χ2n) is 7.16. The summed E-state index contributed by atoms with van der Waals surface area (Å²) in [6, 6.07) is 8.30. The largest absolute Gasteiger partial charge is 0.508 e. The van der Waals surface area contributed by atoms with Crippen molar-refractivity contribution in [3.63, 3.8) is 0 Å². The Morgan fingerprint density at radius 3 is 2.35 bits per heavy atom. The van der Waals surface area contributed by atoms with Crippen LogP contribution in [0.1, 0.15) is 0 Å². The summed E-state index contributed by atoms with van der Waals surface area (Å²) in [5, 5.41) is 58.4. The van der Waals surface area contributed by atoms with Gasteiger partial charge in [0.1, 0.15) is 58.9 Å². The molecule has 10 heteroatoms. The number of rotatable bonds is 4. The van der Waals surface area contributed by atoms with Crippen LogP contribution in [0.3, 0.4) is 0 Å². The van der Waals surface area contributed by atoms with Crippen LogP contribution in [-0.4, -0.2) is 68.0 Å². The minimum atomic E-state index is -1.57. The van der Waals surface area contributed by atoms with Gasteiger partial charge in [0.25, 0.3) is 0 Å². The molecule has 1 aromatic heterocycles. The lowest BCUT2D eigenvalue weighted by Gasteiger charge is -2.39. The molecule has 4 rings (SSSR count). The first-order valence-electron chi connectivity index (χ1n) is 9.35. The van der Waals surface area contributed by atoms with Crippen molar-refractivity contribution in [2.24, 2.45) is 0 Å². The van der Waals surface area contributed by atoms with Crippen LogP contribution < -0.4 is 10.2 Å². The molecule has 1 fully saturated rings. The summed E-state index contributed by atoms with van der Waals surface area (Å²) in [6.45, 7) is -0.577. The zero-order valence-corrected chi connectivity index (χ0v) is 16.0. The highest BCUT2D eigenvalue weighted by Gasteiger charge is 2.44. The van der Waals surface area contributed by atoms with Crippen LogP contribution in [-0.2, 0) is 4.74 Å². The molecule has 3 aromatic rings. The van der Waals surface area contributed by atoms with Crippen molar-refractivity contribution >= 4 is 11.0 Å². The summed E-state index contributed by atoms with van der Waals surface area (Å²) in [5.74, 6) is -0.421. The maximum absolute atomic E-state index is 12.8. The van der Waals surface area contributed by atoms with E-state index in [0.717, 1.165) is 6.07 Å². The van der Waals surface area contributed by atoms with Gasteiger partial charge in [-0.2, -0.15) is 0 Å². The fourth-order valence-electron chi connectivity index (χ4n) is 3.43. The summed E-state index contributed by atoms with van der Waals surface area (Å²) < 4.78 is 16.2. The molecule has 6 N–H and O–H groups in total. The Balaban J connectivity index is 1.59. The molecule has 0 saturated carbocycles. The van der Waals surface area contributed by atoms with Gasteiger partial charge in [-0.05, 0) is 17.7 Å². The van der Waals surface area contributed by atoms with E-state index in [1.807, 2.05) is 0 Å². The second kappa shape index (κ2) is 8.17. The van der Waals surface area contributed by atoms with Crippen LogP contribution in [0, 0.1) is 0 Å². The predicted octanol–water partition coefficient (Wildman–Crippen LogP) is 0.0499. The van der Waals surface area contributed by atoms with Crippen LogP contribution in [0.25, 0.3) is 22.1 Å². The Kier molecular flexibility index (Phi) is 5.56. The van der Waals surface area contributed by atoms with Gasteiger partial charge in [-0.25, -0.2) is 0 Å². The quantitative estimate of drug-likeness (QED) is 0.331. The zero-order valence-electron chi connectivity index (χ0n) is 16.0. The highest BCUT2D eigenvalue weighted by Crippen LogP contribution is 2.30. The Bertz CT molecular complexity index is 1140. The normalized spacial score (nSPS) is 26.1. The molecule has 1 aliphatic rings. The summed E-state index contributed by atoms with van der Waals surface area (Å²) in [7, 11) is 0. The standard InChI is InChI=1S/C21H20O10/c22-7-15-18(26)19(27)20(28)21(31-15)30-11-3-1-9(2-4-11)12-8-29-14-6-10(23)5-13(24)16(14)17(12)25/h1-6,8,15,18-24,26-28H,7H2/t15-,18-,19-,20-,21-/m0/s1. The van der Waals surface area contributed by atoms with Crippen molar-refractivity contribution in [2.75, 3.05) is 6.61 Å². The molecule has 164 valence electrons. The first-order chi connectivity index (χ1) is 14.8. The number of aromatic hydroxyl groups is 2. The van der Waals surface area contributed by atoms with E-state index >= 15 is 0 Å². The van der Waals surface area contributed by atoms with Gasteiger partial charge < -0.3 is 44.5 Å². The molecule has 0 amide bonds. The van der Waals surface area contributed by atoms with Gasteiger partial charge in [-0.1, -0.05) is 12.1 Å². The predicted molar refractivity (Wildman–Crippen MR) is 106 cm³/mol. The lowest BCUT2D eigenvalue weighted by molar-refractivity contribution is -0.277. The van der Waals surface area contributed by atoms with E-state index in [1.54, 1.807) is 0 Å². The number of phenolic OH excluding ortho intramolecular Hbond substituents is 2. The summed E-state index contributed by atoms with van der Waals surface area (Å²) >= 11 is 0. The Labute approximate surface area is 174 Å². The van der Waals surface area contributed by atoms with E-state index in [1.165, 1.54) is 36.6 Å². The molecule has 5 atom stereocenters. The first-order valence-corrected chi connectivity index (χ1v) is 9.35. The minimum Gasteiger partial charge on any atom is -0.508 e. The molecule has 10 nitrogen and oxygen atoms in total. The molecule has 2 heterocycles. The maximum atomic E-state index is 12.8. The molecular formula is C21H20O10. The van der Waals surface area contributed by atoms with Gasteiger partial charge in [-0.15, -0.1) is 0 Å². The number of phenols is 2. The van der Waals surface area contributed by atoms with E-state index in [-0.39, 0.29) is 28.0 Å². The number of hydrogen-bond acceptors (Lipinski definition) is 10.